The fourth-order valence-electron chi connectivity index (χ4n) is 3.36. The molecule has 0 amide bonds. The Hall–Kier alpha value is -1.13. The first-order chi connectivity index (χ1) is 11.5. The van der Waals surface area contributed by atoms with Gasteiger partial charge in [0.15, 0.2) is 0 Å². The van der Waals surface area contributed by atoms with Gasteiger partial charge in [-0.2, -0.15) is 0 Å². The zero-order valence-corrected chi connectivity index (χ0v) is 14.9. The maximum atomic E-state index is 10.5. The molecule has 0 radical (unpaired) electrons. The minimum absolute atomic E-state index is 0.206. The van der Waals surface area contributed by atoms with Crippen molar-refractivity contribution in [2.75, 3.05) is 0 Å². The summed E-state index contributed by atoms with van der Waals surface area (Å²) in [5.41, 5.74) is 0. The molecule has 24 heavy (non-hydrogen) atoms. The van der Waals surface area contributed by atoms with E-state index in [4.69, 9.17) is 5.11 Å². The molecule has 1 rings (SSSR count). The number of carboxylic acid groups (broad SMARTS) is 1. The Bertz CT molecular complexity index is 402. The molecule has 0 bridgehead atoms. The van der Waals surface area contributed by atoms with E-state index in [0.29, 0.717) is 12.3 Å². The summed E-state index contributed by atoms with van der Waals surface area (Å²) in [6, 6.07) is 0. The van der Waals surface area contributed by atoms with E-state index in [9.17, 15) is 15.0 Å². The number of carbonyl (C=O) groups is 1. The van der Waals surface area contributed by atoms with Gasteiger partial charge in [-0.05, 0) is 50.4 Å². The molecule has 0 saturated heterocycles. The molecule has 1 aliphatic rings. The average molecular weight is 338 g/mol. The number of aliphatic carboxylic acids is 1. The van der Waals surface area contributed by atoms with Crippen LogP contribution in [0, 0.1) is 11.8 Å². The van der Waals surface area contributed by atoms with Crippen molar-refractivity contribution in [3.05, 3.63) is 24.3 Å². The van der Waals surface area contributed by atoms with Crippen molar-refractivity contribution in [3.63, 3.8) is 0 Å². The first-order valence-corrected chi connectivity index (χ1v) is 9.45. The summed E-state index contributed by atoms with van der Waals surface area (Å²) in [6.45, 7) is 2.15. The lowest BCUT2D eigenvalue weighted by Gasteiger charge is -2.18. The van der Waals surface area contributed by atoms with Crippen molar-refractivity contribution in [2.24, 2.45) is 11.8 Å². The number of aliphatic hydroxyl groups is 2. The van der Waals surface area contributed by atoms with Gasteiger partial charge >= 0.3 is 5.97 Å². The first kappa shape index (κ1) is 20.9. The van der Waals surface area contributed by atoms with E-state index in [1.807, 2.05) is 12.2 Å². The molecule has 0 aromatic carbocycles. The van der Waals surface area contributed by atoms with E-state index in [0.717, 1.165) is 51.4 Å². The Balaban J connectivity index is 2.35. The number of aliphatic hydroxyl groups excluding tert-OH is 2. The highest BCUT2D eigenvalue weighted by Gasteiger charge is 2.32. The molecule has 4 heteroatoms. The number of unbranched alkanes of at least 4 members (excludes halogenated alkanes) is 3. The van der Waals surface area contributed by atoms with Gasteiger partial charge in [0.25, 0.3) is 0 Å². The molecule has 0 aromatic heterocycles. The smallest absolute Gasteiger partial charge is 0.303 e. The van der Waals surface area contributed by atoms with Crippen LogP contribution in [0.3, 0.4) is 0 Å². The summed E-state index contributed by atoms with van der Waals surface area (Å²) in [5, 5.41) is 28.8. The van der Waals surface area contributed by atoms with Crippen LogP contribution in [0.4, 0.5) is 0 Å². The van der Waals surface area contributed by atoms with Crippen molar-refractivity contribution in [1.29, 1.82) is 0 Å². The largest absolute Gasteiger partial charge is 0.481 e. The van der Waals surface area contributed by atoms with Gasteiger partial charge in [-0.3, -0.25) is 4.79 Å². The van der Waals surface area contributed by atoms with E-state index in [1.54, 1.807) is 0 Å². The molecular formula is C20H34O4. The highest BCUT2D eigenvalue weighted by molar-refractivity contribution is 5.66. The van der Waals surface area contributed by atoms with Gasteiger partial charge in [0, 0.05) is 6.42 Å². The molecule has 4 nitrogen and oxygen atoms in total. The van der Waals surface area contributed by atoms with Crippen LogP contribution in [-0.4, -0.2) is 33.5 Å². The van der Waals surface area contributed by atoms with Gasteiger partial charge in [0.1, 0.15) is 0 Å². The lowest BCUT2D eigenvalue weighted by atomic mass is 9.90. The van der Waals surface area contributed by atoms with E-state index in [2.05, 4.69) is 19.1 Å². The third-order valence-electron chi connectivity index (χ3n) is 4.86. The van der Waals surface area contributed by atoms with E-state index >= 15 is 0 Å². The van der Waals surface area contributed by atoms with Crippen LogP contribution < -0.4 is 0 Å². The van der Waals surface area contributed by atoms with Crippen LogP contribution >= 0.6 is 0 Å². The Morgan fingerprint density at radius 2 is 2.00 bits per heavy atom. The third kappa shape index (κ3) is 8.65. The zero-order valence-electron chi connectivity index (χ0n) is 14.9. The Morgan fingerprint density at radius 1 is 1.21 bits per heavy atom. The number of rotatable bonds is 12. The molecule has 1 fully saturated rings. The highest BCUT2D eigenvalue weighted by Crippen LogP contribution is 2.36. The van der Waals surface area contributed by atoms with Crippen LogP contribution in [0.1, 0.15) is 71.1 Å². The topological polar surface area (TPSA) is 77.8 Å². The van der Waals surface area contributed by atoms with Crippen molar-refractivity contribution >= 4 is 5.97 Å². The minimum atomic E-state index is -0.752. The molecule has 0 spiro atoms. The normalized spacial score (nSPS) is 25.7. The number of hydrogen-bond acceptors (Lipinski definition) is 3. The number of hydrogen-bond donors (Lipinski definition) is 3. The zero-order chi connectivity index (χ0) is 17.8. The van der Waals surface area contributed by atoms with Crippen LogP contribution in [-0.2, 0) is 4.79 Å². The summed E-state index contributed by atoms with van der Waals surface area (Å²) in [5.74, 6) is -0.221. The number of carboxylic acids is 1. The predicted octanol–water partition coefficient (Wildman–Crippen LogP) is 4.07. The molecule has 0 aliphatic heterocycles. The van der Waals surface area contributed by atoms with Crippen LogP contribution in [0.5, 0.6) is 0 Å². The van der Waals surface area contributed by atoms with Gasteiger partial charge in [0.05, 0.1) is 12.2 Å². The second kappa shape index (κ2) is 12.3. The lowest BCUT2D eigenvalue weighted by Crippen LogP contribution is -2.17. The SMILES string of the molecule is CCCCCC(O)C=CC1CC[C@H](O)[C@@H]1CC=CCCCC(=O)O. The lowest BCUT2D eigenvalue weighted by molar-refractivity contribution is -0.137. The standard InChI is InChI=1S/C20H34O4/c1-2-3-6-9-17(21)14-12-16-13-15-19(22)18(16)10-7-4-5-8-11-20(23)24/h4,7,12,14,16-19,21-22H,2-3,5-6,8-11,13,15H2,1H3,(H,23,24)/t16?,17?,18-,19+/m1/s1. The molecule has 138 valence electrons. The molecule has 0 heterocycles. The molecule has 4 atom stereocenters. The van der Waals surface area contributed by atoms with Gasteiger partial charge in [-0.25, -0.2) is 0 Å². The van der Waals surface area contributed by atoms with Crippen molar-refractivity contribution in [2.45, 2.75) is 83.3 Å². The second-order valence-electron chi connectivity index (χ2n) is 6.91. The quantitative estimate of drug-likeness (QED) is 0.370. The van der Waals surface area contributed by atoms with Crippen LogP contribution in [0.15, 0.2) is 24.3 Å². The maximum absolute atomic E-state index is 10.5. The fraction of sp³-hybridized carbons (Fsp3) is 0.750. The molecule has 0 aromatic rings. The Morgan fingerprint density at radius 3 is 2.71 bits per heavy atom. The van der Waals surface area contributed by atoms with Gasteiger partial charge in [0.2, 0.25) is 0 Å². The van der Waals surface area contributed by atoms with E-state index in [1.165, 1.54) is 0 Å². The average Bonchev–Trinajstić information content (AvgIpc) is 2.89. The van der Waals surface area contributed by atoms with Crippen LogP contribution in [0.2, 0.25) is 0 Å². The predicted molar refractivity (Wildman–Crippen MR) is 96.8 cm³/mol. The Labute approximate surface area is 146 Å². The molecule has 3 N–H and O–H groups in total. The summed E-state index contributed by atoms with van der Waals surface area (Å²) in [7, 11) is 0. The summed E-state index contributed by atoms with van der Waals surface area (Å²) in [4.78, 5) is 10.5. The summed E-state index contributed by atoms with van der Waals surface area (Å²) >= 11 is 0. The molecule has 1 saturated carbocycles. The highest BCUT2D eigenvalue weighted by atomic mass is 16.4. The first-order valence-electron chi connectivity index (χ1n) is 9.45. The van der Waals surface area contributed by atoms with Crippen molar-refractivity contribution in [3.8, 4) is 0 Å². The van der Waals surface area contributed by atoms with Crippen molar-refractivity contribution in [1.82, 2.24) is 0 Å². The van der Waals surface area contributed by atoms with Gasteiger partial charge in [-0.15, -0.1) is 0 Å². The minimum Gasteiger partial charge on any atom is -0.481 e. The van der Waals surface area contributed by atoms with E-state index in [-0.39, 0.29) is 24.5 Å². The van der Waals surface area contributed by atoms with Crippen LogP contribution in [0.25, 0.3) is 0 Å². The third-order valence-corrected chi connectivity index (χ3v) is 4.86. The monoisotopic (exact) mass is 338 g/mol. The molecule has 1 aliphatic carbocycles. The summed E-state index contributed by atoms with van der Waals surface area (Å²) in [6.07, 6.45) is 15.9. The molecular weight excluding hydrogens is 304 g/mol. The number of allylic oxidation sites excluding steroid dienone is 3. The van der Waals surface area contributed by atoms with E-state index < -0.39 is 5.97 Å². The second-order valence-corrected chi connectivity index (χ2v) is 6.91. The van der Waals surface area contributed by atoms with Gasteiger partial charge in [-0.1, -0.05) is 50.5 Å². The summed E-state index contributed by atoms with van der Waals surface area (Å²) < 4.78 is 0. The van der Waals surface area contributed by atoms with Gasteiger partial charge < -0.3 is 15.3 Å². The fourth-order valence-corrected chi connectivity index (χ4v) is 3.36. The molecule has 2 unspecified atom stereocenters. The maximum Gasteiger partial charge on any atom is 0.303 e. The van der Waals surface area contributed by atoms with Crippen molar-refractivity contribution < 1.29 is 20.1 Å². The Kier molecular flexibility index (Phi) is 10.7.